The van der Waals surface area contributed by atoms with Crippen LogP contribution >= 0.6 is 0 Å². The number of ether oxygens (including phenoxy) is 2. The van der Waals surface area contributed by atoms with Crippen LogP contribution in [0, 0.1) is 0 Å². The summed E-state index contributed by atoms with van der Waals surface area (Å²) < 4.78 is 13.1. The third-order valence-corrected chi connectivity index (χ3v) is 4.65. The molecule has 0 aliphatic carbocycles. The fraction of sp³-hybridized carbons (Fsp3) is 0.444. The summed E-state index contributed by atoms with van der Waals surface area (Å²) in [6.07, 6.45) is 3.75. The van der Waals surface area contributed by atoms with Gasteiger partial charge < -0.3 is 14.8 Å². The average molecular weight is 342 g/mol. The number of likely N-dealkylation sites (tertiary alicyclic amines) is 1. The molecule has 132 valence electrons. The highest BCUT2D eigenvalue weighted by atomic mass is 16.6. The monoisotopic (exact) mass is 342 g/mol. The first kappa shape index (κ1) is 16.0. The van der Waals surface area contributed by atoms with Crippen molar-refractivity contribution >= 4 is 5.91 Å². The number of nitrogens with one attached hydrogen (secondary N) is 1. The van der Waals surface area contributed by atoms with Crippen LogP contribution in [0.1, 0.15) is 24.6 Å². The second kappa shape index (κ2) is 6.76. The Hall–Kier alpha value is -2.54. The highest BCUT2D eigenvalue weighted by molar-refractivity contribution is 5.78. The molecule has 0 saturated carbocycles. The van der Waals surface area contributed by atoms with Gasteiger partial charge in [-0.1, -0.05) is 6.07 Å². The minimum Gasteiger partial charge on any atom is -0.486 e. The molecule has 1 aromatic heterocycles. The zero-order chi connectivity index (χ0) is 17.2. The number of fused-ring (bicyclic) bond motifs is 1. The smallest absolute Gasteiger partial charge is 0.234 e. The van der Waals surface area contributed by atoms with Gasteiger partial charge in [-0.05, 0) is 30.7 Å². The molecule has 3 heterocycles. The van der Waals surface area contributed by atoms with Crippen molar-refractivity contribution in [2.24, 2.45) is 0 Å². The zero-order valence-electron chi connectivity index (χ0n) is 14.2. The average Bonchev–Trinajstić information content (AvgIpc) is 3.11. The van der Waals surface area contributed by atoms with Gasteiger partial charge in [0, 0.05) is 25.5 Å². The maximum absolute atomic E-state index is 12.3. The summed E-state index contributed by atoms with van der Waals surface area (Å²) in [7, 11) is 0. The number of hydrogen-bond donors (Lipinski definition) is 1. The topological polar surface area (TPSA) is 68.6 Å². The van der Waals surface area contributed by atoms with Gasteiger partial charge in [0.15, 0.2) is 11.5 Å². The molecule has 1 fully saturated rings. The van der Waals surface area contributed by atoms with Crippen LogP contribution in [0.15, 0.2) is 36.7 Å². The molecule has 4 rings (SSSR count). The summed E-state index contributed by atoms with van der Waals surface area (Å²) in [6, 6.07) is 8.03. The summed E-state index contributed by atoms with van der Waals surface area (Å²) in [5.41, 5.74) is 1.01. The summed E-state index contributed by atoms with van der Waals surface area (Å²) >= 11 is 0. The fourth-order valence-corrected chi connectivity index (χ4v) is 3.24. The molecule has 7 heteroatoms. The van der Waals surface area contributed by atoms with E-state index in [-0.39, 0.29) is 11.9 Å². The summed E-state index contributed by atoms with van der Waals surface area (Å²) in [5, 5.41) is 7.29. The zero-order valence-corrected chi connectivity index (χ0v) is 14.2. The predicted molar refractivity (Wildman–Crippen MR) is 91.7 cm³/mol. The lowest BCUT2D eigenvalue weighted by atomic mass is 10.1. The van der Waals surface area contributed by atoms with Gasteiger partial charge in [0.25, 0.3) is 0 Å². The number of amides is 1. The molecule has 2 aliphatic heterocycles. The van der Waals surface area contributed by atoms with Gasteiger partial charge in [0.1, 0.15) is 13.2 Å². The number of aromatic nitrogens is 2. The summed E-state index contributed by atoms with van der Waals surface area (Å²) in [5.74, 6) is 1.54. The Morgan fingerprint density at radius 1 is 1.32 bits per heavy atom. The second-order valence-electron chi connectivity index (χ2n) is 6.53. The van der Waals surface area contributed by atoms with E-state index in [4.69, 9.17) is 9.47 Å². The quantitative estimate of drug-likeness (QED) is 0.889. The normalized spacial score (nSPS) is 18.4. The maximum Gasteiger partial charge on any atom is 0.234 e. The fourth-order valence-electron chi connectivity index (χ4n) is 3.24. The third-order valence-electron chi connectivity index (χ3n) is 4.65. The molecule has 7 nitrogen and oxygen atoms in total. The van der Waals surface area contributed by atoms with E-state index in [0.29, 0.717) is 25.8 Å². The van der Waals surface area contributed by atoms with Crippen LogP contribution in [0.2, 0.25) is 0 Å². The first-order valence-electron chi connectivity index (χ1n) is 8.59. The lowest BCUT2D eigenvalue weighted by Crippen LogP contribution is -2.51. The van der Waals surface area contributed by atoms with Gasteiger partial charge in [-0.3, -0.25) is 14.4 Å². The first-order valence-corrected chi connectivity index (χ1v) is 8.59. The maximum atomic E-state index is 12.3. The Labute approximate surface area is 146 Å². The van der Waals surface area contributed by atoms with Gasteiger partial charge in [0.05, 0.1) is 18.6 Å². The molecule has 2 aliphatic rings. The van der Waals surface area contributed by atoms with Crippen LogP contribution < -0.4 is 14.8 Å². The van der Waals surface area contributed by atoms with Gasteiger partial charge >= 0.3 is 0 Å². The largest absolute Gasteiger partial charge is 0.486 e. The number of carbonyl (C=O) groups excluding carboxylic acids is 1. The minimum atomic E-state index is -0.0773. The van der Waals surface area contributed by atoms with Gasteiger partial charge in [-0.25, -0.2) is 0 Å². The molecule has 25 heavy (non-hydrogen) atoms. The molecule has 0 bridgehead atoms. The van der Waals surface area contributed by atoms with Crippen molar-refractivity contribution in [3.05, 3.63) is 42.2 Å². The number of nitrogens with zero attached hydrogens (tertiary/aromatic N) is 3. The van der Waals surface area contributed by atoms with Crippen LogP contribution in [0.3, 0.4) is 0 Å². The Balaban J connectivity index is 1.28. The predicted octanol–water partition coefficient (Wildman–Crippen LogP) is 1.39. The minimum absolute atomic E-state index is 0.0290. The lowest BCUT2D eigenvalue weighted by Gasteiger charge is -2.38. The van der Waals surface area contributed by atoms with Crippen molar-refractivity contribution in [3.63, 3.8) is 0 Å². The molecular weight excluding hydrogens is 320 g/mol. The summed E-state index contributed by atoms with van der Waals surface area (Å²) in [6.45, 7) is 5.23. The highest BCUT2D eigenvalue weighted by Gasteiger charge is 2.30. The van der Waals surface area contributed by atoms with E-state index in [1.807, 2.05) is 42.1 Å². The number of benzene rings is 1. The molecule has 0 unspecified atom stereocenters. The Kier molecular flexibility index (Phi) is 4.31. The van der Waals surface area contributed by atoms with E-state index in [1.54, 1.807) is 6.20 Å². The molecule has 0 radical (unpaired) electrons. The lowest BCUT2D eigenvalue weighted by molar-refractivity contribution is -0.124. The molecule has 0 spiro atoms. The Bertz CT molecular complexity index is 741. The van der Waals surface area contributed by atoms with E-state index in [1.165, 1.54) is 0 Å². The van der Waals surface area contributed by atoms with Crippen LogP contribution in [0.4, 0.5) is 0 Å². The molecule has 2 aromatic rings. The van der Waals surface area contributed by atoms with Crippen molar-refractivity contribution in [1.82, 2.24) is 20.0 Å². The second-order valence-corrected chi connectivity index (χ2v) is 6.53. The summed E-state index contributed by atoms with van der Waals surface area (Å²) in [4.78, 5) is 14.4. The standard InChI is InChI=1S/C18H22N4O3/c1-13(14-3-4-16-17(9-14)25-8-7-24-16)20-18(23)12-21-10-15(11-21)22-6-2-5-19-22/h2-6,9,13,15H,7-8,10-12H2,1H3,(H,20,23)/t13-/m1/s1. The molecule has 1 amide bonds. The highest BCUT2D eigenvalue weighted by Crippen LogP contribution is 2.32. The van der Waals surface area contributed by atoms with E-state index in [2.05, 4.69) is 15.3 Å². The van der Waals surface area contributed by atoms with Crippen LogP contribution in [-0.2, 0) is 4.79 Å². The van der Waals surface area contributed by atoms with Crippen molar-refractivity contribution in [2.45, 2.75) is 19.0 Å². The van der Waals surface area contributed by atoms with Gasteiger partial charge in [0.2, 0.25) is 5.91 Å². The van der Waals surface area contributed by atoms with Gasteiger partial charge in [-0.15, -0.1) is 0 Å². The number of carbonyl (C=O) groups is 1. The van der Waals surface area contributed by atoms with Crippen LogP contribution in [-0.4, -0.2) is 53.4 Å². The third kappa shape index (κ3) is 3.46. The SMILES string of the molecule is C[C@@H](NC(=O)CN1CC(n2cccn2)C1)c1ccc2c(c1)OCCO2. The molecular formula is C18H22N4O3. The molecule has 1 saturated heterocycles. The van der Waals surface area contributed by atoms with E-state index in [0.717, 1.165) is 30.2 Å². The number of rotatable bonds is 5. The van der Waals surface area contributed by atoms with Gasteiger partial charge in [-0.2, -0.15) is 5.10 Å². The molecule has 1 aromatic carbocycles. The first-order chi connectivity index (χ1) is 12.2. The van der Waals surface area contributed by atoms with Crippen molar-refractivity contribution in [1.29, 1.82) is 0 Å². The molecule has 1 N–H and O–H groups in total. The van der Waals surface area contributed by atoms with E-state index >= 15 is 0 Å². The molecule has 1 atom stereocenters. The number of hydrogen-bond acceptors (Lipinski definition) is 5. The van der Waals surface area contributed by atoms with Crippen LogP contribution in [0.25, 0.3) is 0 Å². The van der Waals surface area contributed by atoms with Crippen molar-refractivity contribution < 1.29 is 14.3 Å². The van der Waals surface area contributed by atoms with Crippen LogP contribution in [0.5, 0.6) is 11.5 Å². The van der Waals surface area contributed by atoms with E-state index < -0.39 is 0 Å². The Morgan fingerprint density at radius 2 is 2.12 bits per heavy atom. The van der Waals surface area contributed by atoms with E-state index in [9.17, 15) is 4.79 Å². The Morgan fingerprint density at radius 3 is 2.88 bits per heavy atom. The van der Waals surface area contributed by atoms with Crippen molar-refractivity contribution in [2.75, 3.05) is 32.8 Å². The van der Waals surface area contributed by atoms with Crippen molar-refractivity contribution in [3.8, 4) is 11.5 Å².